The minimum absolute atomic E-state index is 0.0684. The van der Waals surface area contributed by atoms with Crippen molar-refractivity contribution >= 4 is 23.4 Å². The zero-order valence-electron chi connectivity index (χ0n) is 10.9. The smallest absolute Gasteiger partial charge is 0.240 e. The molecule has 100 valence electrons. The lowest BCUT2D eigenvalue weighted by molar-refractivity contribution is -0.116. The summed E-state index contributed by atoms with van der Waals surface area (Å²) >= 11 is 0. The van der Waals surface area contributed by atoms with Gasteiger partial charge in [0.2, 0.25) is 12.0 Å². The van der Waals surface area contributed by atoms with Crippen LogP contribution in [0.2, 0.25) is 0 Å². The van der Waals surface area contributed by atoms with Gasteiger partial charge < -0.3 is 5.32 Å². The van der Waals surface area contributed by atoms with Gasteiger partial charge in [0, 0.05) is 12.1 Å². The summed E-state index contributed by atoms with van der Waals surface area (Å²) in [4.78, 5) is 25.5. The van der Waals surface area contributed by atoms with Crippen LogP contribution in [0, 0.1) is 0 Å². The molecule has 0 fully saturated rings. The van der Waals surface area contributed by atoms with Gasteiger partial charge >= 0.3 is 0 Å². The van der Waals surface area contributed by atoms with E-state index in [2.05, 4.69) is 10.3 Å². The summed E-state index contributed by atoms with van der Waals surface area (Å²) in [7, 11) is 0. The van der Waals surface area contributed by atoms with Crippen molar-refractivity contribution in [2.45, 2.75) is 12.8 Å². The molecule has 0 unspecified atom stereocenters. The summed E-state index contributed by atoms with van der Waals surface area (Å²) in [5, 5.41) is 2.78. The highest BCUT2D eigenvalue weighted by Crippen LogP contribution is 2.17. The zero-order valence-corrected chi connectivity index (χ0v) is 10.9. The minimum atomic E-state index is -0.0684. The van der Waals surface area contributed by atoms with E-state index in [1.54, 1.807) is 24.3 Å². The van der Waals surface area contributed by atoms with Gasteiger partial charge in [-0.1, -0.05) is 36.4 Å². The van der Waals surface area contributed by atoms with E-state index in [0.29, 0.717) is 24.2 Å². The lowest BCUT2D eigenvalue weighted by Gasteiger charge is -2.05. The van der Waals surface area contributed by atoms with Gasteiger partial charge in [-0.25, -0.2) is 4.79 Å². The number of carbonyl (C=O) groups excluding carboxylic acids is 2. The predicted molar refractivity (Wildman–Crippen MR) is 77.6 cm³/mol. The molecule has 0 aliphatic carbocycles. The summed E-state index contributed by atoms with van der Waals surface area (Å²) in [6.45, 7) is 0. The molecule has 20 heavy (non-hydrogen) atoms. The molecule has 2 aromatic rings. The third-order valence-corrected chi connectivity index (χ3v) is 2.79. The number of nitrogens with one attached hydrogen (secondary N) is 1. The first-order valence-electron chi connectivity index (χ1n) is 6.29. The predicted octanol–water partition coefficient (Wildman–Crippen LogP) is 3.23. The number of hydrogen-bond donors (Lipinski definition) is 1. The van der Waals surface area contributed by atoms with E-state index in [-0.39, 0.29) is 5.91 Å². The number of nitrogens with zero attached hydrogens (tertiary/aromatic N) is 1. The summed E-state index contributed by atoms with van der Waals surface area (Å²) in [6.07, 6.45) is 2.57. The Bertz CT molecular complexity index is 632. The van der Waals surface area contributed by atoms with Crippen LogP contribution < -0.4 is 5.32 Å². The maximum atomic E-state index is 11.8. The molecule has 2 rings (SSSR count). The molecule has 1 amide bonds. The van der Waals surface area contributed by atoms with Crippen molar-refractivity contribution in [3.05, 3.63) is 60.2 Å². The third-order valence-electron chi connectivity index (χ3n) is 2.79. The van der Waals surface area contributed by atoms with Crippen molar-refractivity contribution in [2.75, 3.05) is 5.32 Å². The van der Waals surface area contributed by atoms with Gasteiger partial charge in [0.15, 0.2) is 0 Å². The molecule has 0 aliphatic rings. The van der Waals surface area contributed by atoms with Crippen LogP contribution in [0.3, 0.4) is 0 Å². The Morgan fingerprint density at radius 3 is 2.65 bits per heavy atom. The van der Waals surface area contributed by atoms with E-state index in [0.717, 1.165) is 5.56 Å². The van der Waals surface area contributed by atoms with Gasteiger partial charge in [-0.2, -0.15) is 4.99 Å². The molecule has 0 spiro atoms. The second kappa shape index (κ2) is 7.02. The SMILES string of the molecule is O=C=Nc1cccc(NC(=O)CCc2ccccc2)c1. The molecule has 4 nitrogen and oxygen atoms in total. The van der Waals surface area contributed by atoms with E-state index in [1.807, 2.05) is 30.3 Å². The average Bonchev–Trinajstić information content (AvgIpc) is 2.47. The van der Waals surface area contributed by atoms with Crippen LogP contribution in [-0.2, 0) is 16.0 Å². The molecule has 0 atom stereocenters. The molecule has 0 aliphatic heterocycles. The molecule has 0 saturated carbocycles. The quantitative estimate of drug-likeness (QED) is 0.667. The lowest BCUT2D eigenvalue weighted by atomic mass is 10.1. The summed E-state index contributed by atoms with van der Waals surface area (Å²) < 4.78 is 0. The fourth-order valence-electron chi connectivity index (χ4n) is 1.83. The fourth-order valence-corrected chi connectivity index (χ4v) is 1.83. The maximum absolute atomic E-state index is 11.8. The van der Waals surface area contributed by atoms with E-state index in [4.69, 9.17) is 0 Å². The monoisotopic (exact) mass is 266 g/mol. The van der Waals surface area contributed by atoms with E-state index in [9.17, 15) is 9.59 Å². The molecule has 0 saturated heterocycles. The largest absolute Gasteiger partial charge is 0.326 e. The number of carbonyl (C=O) groups is 1. The van der Waals surface area contributed by atoms with Crippen molar-refractivity contribution in [3.63, 3.8) is 0 Å². The van der Waals surface area contributed by atoms with Crippen LogP contribution in [-0.4, -0.2) is 12.0 Å². The topological polar surface area (TPSA) is 58.5 Å². The van der Waals surface area contributed by atoms with Gasteiger partial charge in [-0.3, -0.25) is 4.79 Å². The van der Waals surface area contributed by atoms with Crippen LogP contribution >= 0.6 is 0 Å². The van der Waals surface area contributed by atoms with Gasteiger partial charge in [0.05, 0.1) is 5.69 Å². The Hall–Kier alpha value is -2.71. The number of amides is 1. The molecule has 2 aromatic carbocycles. The van der Waals surface area contributed by atoms with Crippen molar-refractivity contribution in [1.29, 1.82) is 0 Å². The Labute approximate surface area is 117 Å². The normalized spacial score (nSPS) is 9.60. The number of aliphatic imine (C=N–C) groups is 1. The standard InChI is InChI=1S/C16H14N2O2/c19-12-17-14-7-4-8-15(11-14)18-16(20)10-9-13-5-2-1-3-6-13/h1-8,11H,9-10H2,(H,18,20). The first-order valence-corrected chi connectivity index (χ1v) is 6.29. The zero-order chi connectivity index (χ0) is 14.2. The Morgan fingerprint density at radius 1 is 1.10 bits per heavy atom. The number of isocyanates is 1. The number of hydrogen-bond acceptors (Lipinski definition) is 3. The highest BCUT2D eigenvalue weighted by molar-refractivity contribution is 5.91. The van der Waals surface area contributed by atoms with Crippen LogP contribution in [0.1, 0.15) is 12.0 Å². The maximum Gasteiger partial charge on any atom is 0.240 e. The number of anilines is 1. The van der Waals surface area contributed by atoms with Crippen LogP contribution in [0.25, 0.3) is 0 Å². The van der Waals surface area contributed by atoms with Crippen LogP contribution in [0.5, 0.6) is 0 Å². The molecule has 4 heteroatoms. The molecular formula is C16H14N2O2. The van der Waals surface area contributed by atoms with Gasteiger partial charge in [0.25, 0.3) is 0 Å². The van der Waals surface area contributed by atoms with Crippen molar-refractivity contribution in [1.82, 2.24) is 0 Å². The fraction of sp³-hybridized carbons (Fsp3) is 0.125. The Kier molecular flexibility index (Phi) is 4.81. The van der Waals surface area contributed by atoms with Crippen molar-refractivity contribution in [2.24, 2.45) is 4.99 Å². The first kappa shape index (κ1) is 13.7. The number of benzene rings is 2. The Morgan fingerprint density at radius 2 is 1.90 bits per heavy atom. The second-order valence-corrected chi connectivity index (χ2v) is 4.29. The molecule has 0 radical (unpaired) electrons. The minimum Gasteiger partial charge on any atom is -0.326 e. The average molecular weight is 266 g/mol. The van der Waals surface area contributed by atoms with E-state index < -0.39 is 0 Å². The molecule has 0 bridgehead atoms. The van der Waals surface area contributed by atoms with Gasteiger partial charge in [-0.15, -0.1) is 0 Å². The van der Waals surface area contributed by atoms with Crippen molar-refractivity contribution < 1.29 is 9.59 Å². The summed E-state index contributed by atoms with van der Waals surface area (Å²) in [5.41, 5.74) is 2.22. The lowest BCUT2D eigenvalue weighted by Crippen LogP contribution is -2.12. The molecule has 0 aromatic heterocycles. The summed E-state index contributed by atoms with van der Waals surface area (Å²) in [6, 6.07) is 16.6. The highest BCUT2D eigenvalue weighted by Gasteiger charge is 2.03. The number of aryl methyl sites for hydroxylation is 1. The van der Waals surface area contributed by atoms with Gasteiger partial charge in [-0.05, 0) is 30.2 Å². The molecule has 0 heterocycles. The van der Waals surface area contributed by atoms with Crippen LogP contribution in [0.4, 0.5) is 11.4 Å². The van der Waals surface area contributed by atoms with Crippen molar-refractivity contribution in [3.8, 4) is 0 Å². The third kappa shape index (κ3) is 4.19. The van der Waals surface area contributed by atoms with Crippen LogP contribution in [0.15, 0.2) is 59.6 Å². The van der Waals surface area contributed by atoms with E-state index in [1.165, 1.54) is 6.08 Å². The molecule has 1 N–H and O–H groups in total. The first-order chi connectivity index (χ1) is 9.78. The number of rotatable bonds is 5. The van der Waals surface area contributed by atoms with Gasteiger partial charge in [0.1, 0.15) is 0 Å². The highest BCUT2D eigenvalue weighted by atomic mass is 16.1. The Balaban J connectivity index is 1.91. The molecular weight excluding hydrogens is 252 g/mol. The second-order valence-electron chi connectivity index (χ2n) is 4.29. The van der Waals surface area contributed by atoms with E-state index >= 15 is 0 Å². The summed E-state index contributed by atoms with van der Waals surface area (Å²) in [5.74, 6) is -0.0684.